The monoisotopic (exact) mass is 457 g/mol. The molecule has 1 aromatic heterocycles. The maximum atomic E-state index is 12.6. The Morgan fingerprint density at radius 1 is 1.10 bits per heavy atom. The molecule has 0 spiro atoms. The van der Waals surface area contributed by atoms with Gasteiger partial charge in [0.15, 0.2) is 17.3 Å². The molecule has 3 aromatic rings. The van der Waals surface area contributed by atoms with Crippen LogP contribution in [-0.2, 0) is 5.41 Å². The number of hydrogen-bond donors (Lipinski definition) is 1. The van der Waals surface area contributed by atoms with E-state index in [1.807, 2.05) is 24.3 Å². The molecule has 0 amide bonds. The van der Waals surface area contributed by atoms with Crippen molar-refractivity contribution in [2.45, 2.75) is 26.2 Å². The van der Waals surface area contributed by atoms with Crippen molar-refractivity contribution in [3.63, 3.8) is 0 Å². The van der Waals surface area contributed by atoms with E-state index in [4.69, 9.17) is 21.1 Å². The molecule has 0 saturated heterocycles. The number of ketones is 1. The summed E-state index contributed by atoms with van der Waals surface area (Å²) in [7, 11) is 3.02. The number of hydrogen-bond acceptors (Lipinski definition) is 5. The number of methoxy groups -OCH3 is 2. The van der Waals surface area contributed by atoms with Crippen molar-refractivity contribution in [1.29, 1.82) is 0 Å². The lowest BCUT2D eigenvalue weighted by molar-refractivity contribution is 0.106. The van der Waals surface area contributed by atoms with Crippen LogP contribution in [-0.4, -0.2) is 25.0 Å². The van der Waals surface area contributed by atoms with Gasteiger partial charge in [0.2, 0.25) is 0 Å². The smallest absolute Gasteiger partial charge is 0.266 e. The molecule has 0 bridgehead atoms. The largest absolute Gasteiger partial charge is 0.493 e. The van der Waals surface area contributed by atoms with Crippen LogP contribution in [0.25, 0.3) is 12.2 Å². The number of Topliss-reactive ketones (excluding diaryl/α,β-unsaturated/α-hetero) is 1. The van der Waals surface area contributed by atoms with Gasteiger partial charge in [0.05, 0.1) is 28.4 Å². The Balaban J connectivity index is 1.95. The lowest BCUT2D eigenvalue weighted by atomic mass is 9.86. The van der Waals surface area contributed by atoms with Gasteiger partial charge in [-0.15, -0.1) is 11.3 Å². The van der Waals surface area contributed by atoms with Crippen LogP contribution >= 0.6 is 22.9 Å². The van der Waals surface area contributed by atoms with E-state index in [1.165, 1.54) is 31.6 Å². The lowest BCUT2D eigenvalue weighted by Crippen LogP contribution is -2.20. The van der Waals surface area contributed by atoms with Gasteiger partial charge in [-0.2, -0.15) is 0 Å². The molecule has 7 heteroatoms. The lowest BCUT2D eigenvalue weighted by Gasteiger charge is -2.18. The van der Waals surface area contributed by atoms with E-state index >= 15 is 0 Å². The maximum absolute atomic E-state index is 12.6. The number of carbonyl (C=O) groups excluding carboxylic acids is 1. The van der Waals surface area contributed by atoms with Gasteiger partial charge >= 0.3 is 0 Å². The molecule has 2 aromatic carbocycles. The normalized spacial score (nSPS) is 12.8. The first-order valence-electron chi connectivity index (χ1n) is 9.61. The van der Waals surface area contributed by atoms with E-state index < -0.39 is 0 Å². The number of H-pyrrole nitrogens is 1. The summed E-state index contributed by atoms with van der Waals surface area (Å²) < 4.78 is 11.5. The van der Waals surface area contributed by atoms with Crippen molar-refractivity contribution in [3.8, 4) is 11.5 Å². The Kier molecular flexibility index (Phi) is 6.72. The first-order valence-corrected chi connectivity index (χ1v) is 10.8. The predicted molar refractivity (Wildman–Crippen MR) is 126 cm³/mol. The van der Waals surface area contributed by atoms with Gasteiger partial charge in [0, 0.05) is 11.6 Å². The van der Waals surface area contributed by atoms with Crippen LogP contribution in [0.15, 0.2) is 41.2 Å². The van der Waals surface area contributed by atoms with Crippen molar-refractivity contribution < 1.29 is 14.3 Å². The van der Waals surface area contributed by atoms with Crippen LogP contribution < -0.4 is 24.2 Å². The second-order valence-corrected chi connectivity index (χ2v) is 9.49. The molecule has 1 heterocycles. The van der Waals surface area contributed by atoms with Crippen LogP contribution in [0.4, 0.5) is 0 Å². The zero-order valence-corrected chi connectivity index (χ0v) is 19.6. The van der Waals surface area contributed by atoms with E-state index in [2.05, 4.69) is 25.8 Å². The van der Waals surface area contributed by atoms with E-state index in [0.717, 1.165) is 5.56 Å². The zero-order chi connectivity index (χ0) is 22.8. The van der Waals surface area contributed by atoms with Crippen molar-refractivity contribution in [3.05, 3.63) is 77.7 Å². The van der Waals surface area contributed by atoms with E-state index in [1.54, 1.807) is 18.2 Å². The highest BCUT2D eigenvalue weighted by atomic mass is 35.5. The van der Waals surface area contributed by atoms with Crippen LogP contribution in [0.5, 0.6) is 11.5 Å². The van der Waals surface area contributed by atoms with Crippen LogP contribution in [0.1, 0.15) is 42.3 Å². The van der Waals surface area contributed by atoms with Crippen LogP contribution in [0, 0.1) is 0 Å². The molecular formula is C24H24ClNO4S. The van der Waals surface area contributed by atoms with Crippen molar-refractivity contribution in [2.75, 3.05) is 14.2 Å². The minimum atomic E-state index is -0.280. The fourth-order valence-electron chi connectivity index (χ4n) is 3.03. The highest BCUT2D eigenvalue weighted by molar-refractivity contribution is 7.07. The second kappa shape index (κ2) is 9.12. The van der Waals surface area contributed by atoms with Gasteiger partial charge in [0.1, 0.15) is 0 Å². The highest BCUT2D eigenvalue weighted by Gasteiger charge is 2.14. The third kappa shape index (κ3) is 5.27. The number of ether oxygens (including phenoxy) is 2. The topological polar surface area (TPSA) is 68.4 Å². The fraction of sp³-hybridized carbons (Fsp3) is 0.250. The summed E-state index contributed by atoms with van der Waals surface area (Å²) in [5, 5.41) is 0.377. The predicted octanol–water partition coefficient (Wildman–Crippen LogP) is 3.90. The fourth-order valence-corrected chi connectivity index (χ4v) is 4.22. The highest BCUT2D eigenvalue weighted by Crippen LogP contribution is 2.36. The molecule has 0 aliphatic carbocycles. The Labute approximate surface area is 189 Å². The van der Waals surface area contributed by atoms with E-state index in [0.29, 0.717) is 36.8 Å². The van der Waals surface area contributed by atoms with Crippen molar-refractivity contribution >= 4 is 40.9 Å². The van der Waals surface area contributed by atoms with E-state index in [9.17, 15) is 9.59 Å². The Hall–Kier alpha value is -2.83. The Morgan fingerprint density at radius 2 is 1.77 bits per heavy atom. The third-order valence-corrected chi connectivity index (χ3v) is 5.98. The molecule has 0 atom stereocenters. The van der Waals surface area contributed by atoms with Gasteiger partial charge in [0.25, 0.3) is 5.56 Å². The molecule has 0 aliphatic heterocycles. The first-order chi connectivity index (χ1) is 14.6. The molecular weight excluding hydrogens is 434 g/mol. The van der Waals surface area contributed by atoms with Crippen LogP contribution in [0.2, 0.25) is 5.02 Å². The number of benzene rings is 2. The molecule has 0 unspecified atom stereocenters. The van der Waals surface area contributed by atoms with Crippen molar-refractivity contribution in [2.24, 2.45) is 0 Å². The molecule has 0 fully saturated rings. The molecule has 0 radical (unpaired) electrons. The number of carbonyl (C=O) groups is 1. The Morgan fingerprint density at radius 3 is 2.35 bits per heavy atom. The van der Waals surface area contributed by atoms with E-state index in [-0.39, 0.29) is 16.8 Å². The maximum Gasteiger partial charge on any atom is 0.266 e. The minimum Gasteiger partial charge on any atom is -0.493 e. The van der Waals surface area contributed by atoms with Gasteiger partial charge < -0.3 is 14.5 Å². The van der Waals surface area contributed by atoms with Gasteiger partial charge in [-0.05, 0) is 34.8 Å². The summed E-state index contributed by atoms with van der Waals surface area (Å²) >= 11 is 7.44. The minimum absolute atomic E-state index is 0.0159. The standard InChI is InChI=1S/C24H24ClNO4S/c1-24(2,3)16-8-6-15(7-9-16)18(27)13-21-26-23(28)20(31-21)12-14-10-17(25)22(30-5)19(11-14)29-4/h6-13H,1-5H3,(H,26,28)/b20-12-,21-13-. The average Bonchev–Trinajstić information content (AvgIpc) is 3.05. The number of halogens is 1. The summed E-state index contributed by atoms with van der Waals surface area (Å²) in [6, 6.07) is 11.0. The number of thiazole rings is 1. The quantitative estimate of drug-likeness (QED) is 0.590. The SMILES string of the molecule is COc1cc(/C=c2\s/c(=C\C(=O)c3ccc(C(C)(C)C)cc3)[nH]c2=O)cc(Cl)c1OC. The number of nitrogens with one attached hydrogen (secondary N) is 1. The Bertz CT molecular complexity index is 1280. The summed E-state index contributed by atoms with van der Waals surface area (Å²) in [5.41, 5.74) is 2.14. The third-order valence-electron chi connectivity index (χ3n) is 4.73. The second-order valence-electron chi connectivity index (χ2n) is 8.00. The number of aromatic nitrogens is 1. The number of aromatic amines is 1. The van der Waals surface area contributed by atoms with Gasteiger partial charge in [-0.3, -0.25) is 9.59 Å². The van der Waals surface area contributed by atoms with Crippen LogP contribution in [0.3, 0.4) is 0 Å². The summed E-state index contributed by atoms with van der Waals surface area (Å²) in [6.07, 6.45) is 3.13. The zero-order valence-electron chi connectivity index (χ0n) is 18.0. The summed E-state index contributed by atoms with van der Waals surface area (Å²) in [4.78, 5) is 27.7. The number of rotatable bonds is 5. The summed E-state index contributed by atoms with van der Waals surface area (Å²) in [6.45, 7) is 6.36. The molecule has 5 nitrogen and oxygen atoms in total. The summed E-state index contributed by atoms with van der Waals surface area (Å²) in [5.74, 6) is 0.729. The van der Waals surface area contributed by atoms with Crippen molar-refractivity contribution in [1.82, 2.24) is 4.98 Å². The molecule has 1 N–H and O–H groups in total. The molecule has 3 rings (SSSR count). The molecule has 0 aliphatic rings. The van der Waals surface area contributed by atoms with Gasteiger partial charge in [-0.1, -0.05) is 56.6 Å². The molecule has 162 valence electrons. The van der Waals surface area contributed by atoms with Gasteiger partial charge in [-0.25, -0.2) is 0 Å². The molecule has 31 heavy (non-hydrogen) atoms. The average molecular weight is 458 g/mol. The molecule has 0 saturated carbocycles. The first kappa shape index (κ1) is 22.8.